The maximum atomic E-state index is 10.7. The molecule has 0 amide bonds. The Labute approximate surface area is 120 Å². The van der Waals surface area contributed by atoms with E-state index in [0.29, 0.717) is 11.3 Å². The molecule has 9 nitrogen and oxygen atoms in total. The Morgan fingerprint density at radius 3 is 2.52 bits per heavy atom. The van der Waals surface area contributed by atoms with Crippen molar-refractivity contribution in [3.63, 3.8) is 0 Å². The number of aromatic nitrogens is 3. The zero-order valence-electron chi connectivity index (χ0n) is 11.7. The summed E-state index contributed by atoms with van der Waals surface area (Å²) in [7, 11) is 3.07. The van der Waals surface area contributed by atoms with E-state index in [-0.39, 0.29) is 23.7 Å². The fraction of sp³-hybridized carbons (Fsp3) is 0.250. The number of methoxy groups -OCH3 is 1. The van der Waals surface area contributed by atoms with Gasteiger partial charge in [-0.1, -0.05) is 0 Å². The summed E-state index contributed by atoms with van der Waals surface area (Å²) in [5.74, 6) is 0.701. The first-order chi connectivity index (χ1) is 10.0. The number of nitro groups is 1. The van der Waals surface area contributed by atoms with Crippen LogP contribution < -0.4 is 14.8 Å². The van der Waals surface area contributed by atoms with Crippen molar-refractivity contribution in [3.8, 4) is 17.8 Å². The molecule has 0 aliphatic carbocycles. The van der Waals surface area contributed by atoms with E-state index in [9.17, 15) is 10.1 Å². The average molecular weight is 291 g/mol. The van der Waals surface area contributed by atoms with Gasteiger partial charge in [0.05, 0.1) is 12.0 Å². The molecule has 110 valence electrons. The van der Waals surface area contributed by atoms with Crippen molar-refractivity contribution < 1.29 is 14.4 Å². The predicted octanol–water partition coefficient (Wildman–Crippen LogP) is 1.93. The van der Waals surface area contributed by atoms with Crippen molar-refractivity contribution in [2.24, 2.45) is 0 Å². The van der Waals surface area contributed by atoms with Gasteiger partial charge in [-0.15, -0.1) is 4.98 Å². The quantitative estimate of drug-likeness (QED) is 0.656. The Morgan fingerprint density at radius 2 is 1.95 bits per heavy atom. The van der Waals surface area contributed by atoms with Gasteiger partial charge in [-0.05, 0) is 18.6 Å². The molecule has 0 spiro atoms. The van der Waals surface area contributed by atoms with Crippen LogP contribution in [0.3, 0.4) is 0 Å². The van der Waals surface area contributed by atoms with Crippen molar-refractivity contribution in [1.82, 2.24) is 15.0 Å². The molecule has 0 radical (unpaired) electrons. The topological polar surface area (TPSA) is 112 Å². The smallest absolute Gasteiger partial charge is 0.330 e. The van der Waals surface area contributed by atoms with Gasteiger partial charge in [0.15, 0.2) is 0 Å². The molecule has 1 heterocycles. The van der Waals surface area contributed by atoms with Crippen molar-refractivity contribution in [2.45, 2.75) is 6.92 Å². The van der Waals surface area contributed by atoms with Crippen LogP contribution in [0.4, 0.5) is 11.6 Å². The fourth-order valence-corrected chi connectivity index (χ4v) is 1.55. The summed E-state index contributed by atoms with van der Waals surface area (Å²) < 4.78 is 10.5. The largest absolute Gasteiger partial charge is 0.467 e. The second-order valence-corrected chi connectivity index (χ2v) is 3.99. The second kappa shape index (κ2) is 5.99. The Hall–Kier alpha value is -2.97. The first kappa shape index (κ1) is 14.4. The fourth-order valence-electron chi connectivity index (χ4n) is 1.55. The highest BCUT2D eigenvalue weighted by atomic mass is 16.6. The molecule has 0 saturated carbocycles. The number of nitrogens with one attached hydrogen (secondary N) is 1. The molecule has 0 aliphatic heterocycles. The van der Waals surface area contributed by atoms with Crippen LogP contribution in [0.15, 0.2) is 18.2 Å². The normalized spacial score (nSPS) is 10.0. The van der Waals surface area contributed by atoms with Crippen LogP contribution in [0.25, 0.3) is 0 Å². The van der Waals surface area contributed by atoms with Crippen LogP contribution in [0.2, 0.25) is 0 Å². The summed E-state index contributed by atoms with van der Waals surface area (Å²) in [6, 6.07) is 4.38. The third-order valence-electron chi connectivity index (χ3n) is 2.57. The van der Waals surface area contributed by atoms with Crippen molar-refractivity contribution in [3.05, 3.63) is 33.9 Å². The predicted molar refractivity (Wildman–Crippen MR) is 73.8 cm³/mol. The molecular weight excluding hydrogens is 278 g/mol. The molecule has 9 heteroatoms. The molecule has 0 saturated heterocycles. The summed E-state index contributed by atoms with van der Waals surface area (Å²) in [4.78, 5) is 22.2. The Bertz CT molecular complexity index is 654. The van der Waals surface area contributed by atoms with Crippen LogP contribution in [0, 0.1) is 17.0 Å². The lowest BCUT2D eigenvalue weighted by Gasteiger charge is -2.08. The van der Waals surface area contributed by atoms with Gasteiger partial charge in [-0.2, -0.15) is 9.97 Å². The van der Waals surface area contributed by atoms with E-state index in [1.54, 1.807) is 14.0 Å². The number of hydrogen-bond acceptors (Lipinski definition) is 8. The zero-order valence-corrected chi connectivity index (χ0v) is 11.7. The molecule has 0 unspecified atom stereocenters. The van der Waals surface area contributed by atoms with Gasteiger partial charge in [0.25, 0.3) is 5.69 Å². The second-order valence-electron chi connectivity index (χ2n) is 3.99. The van der Waals surface area contributed by atoms with E-state index >= 15 is 0 Å². The monoisotopic (exact) mass is 291 g/mol. The molecule has 0 fully saturated rings. The van der Waals surface area contributed by atoms with E-state index in [1.807, 2.05) is 0 Å². The standard InChI is InChI=1S/C12H13N5O4/c1-7-6-8(17(18)19)4-5-9(7)21-12-15-10(13-2)14-11(16-12)20-3/h4-6H,1-3H3,(H,13,14,15,16). The lowest BCUT2D eigenvalue weighted by atomic mass is 10.2. The average Bonchev–Trinajstić information content (AvgIpc) is 2.48. The summed E-state index contributed by atoms with van der Waals surface area (Å²) in [6.07, 6.45) is 0. The van der Waals surface area contributed by atoms with Crippen LogP contribution in [-0.4, -0.2) is 34.0 Å². The van der Waals surface area contributed by atoms with Gasteiger partial charge >= 0.3 is 12.0 Å². The van der Waals surface area contributed by atoms with Gasteiger partial charge in [0, 0.05) is 19.2 Å². The van der Waals surface area contributed by atoms with Crippen LogP contribution in [0.1, 0.15) is 5.56 Å². The van der Waals surface area contributed by atoms with Gasteiger partial charge < -0.3 is 14.8 Å². The Morgan fingerprint density at radius 1 is 1.24 bits per heavy atom. The minimum atomic E-state index is -0.470. The van der Waals surface area contributed by atoms with E-state index in [0.717, 1.165) is 0 Å². The number of hydrogen-bond donors (Lipinski definition) is 1. The molecule has 2 rings (SSSR count). The number of benzene rings is 1. The highest BCUT2D eigenvalue weighted by Gasteiger charge is 2.12. The minimum Gasteiger partial charge on any atom is -0.467 e. The third-order valence-corrected chi connectivity index (χ3v) is 2.57. The number of rotatable bonds is 5. The van der Waals surface area contributed by atoms with E-state index in [4.69, 9.17) is 9.47 Å². The molecule has 1 N–H and O–H groups in total. The summed E-state index contributed by atoms with van der Waals surface area (Å²) >= 11 is 0. The number of aryl methyl sites for hydroxylation is 1. The van der Waals surface area contributed by atoms with Gasteiger partial charge in [0.1, 0.15) is 5.75 Å². The summed E-state index contributed by atoms with van der Waals surface area (Å²) in [5, 5.41) is 13.5. The molecule has 0 bridgehead atoms. The summed E-state index contributed by atoms with van der Waals surface area (Å²) in [5.41, 5.74) is 0.582. The first-order valence-corrected chi connectivity index (χ1v) is 5.94. The molecule has 0 atom stereocenters. The maximum absolute atomic E-state index is 10.7. The van der Waals surface area contributed by atoms with Crippen LogP contribution >= 0.6 is 0 Å². The summed E-state index contributed by atoms with van der Waals surface area (Å²) in [6.45, 7) is 1.69. The lowest BCUT2D eigenvalue weighted by molar-refractivity contribution is -0.384. The molecule has 21 heavy (non-hydrogen) atoms. The molecule has 0 aliphatic rings. The third kappa shape index (κ3) is 3.32. The first-order valence-electron chi connectivity index (χ1n) is 5.94. The Balaban J connectivity index is 2.31. The van der Waals surface area contributed by atoms with E-state index in [1.165, 1.54) is 25.3 Å². The number of ether oxygens (including phenoxy) is 2. The van der Waals surface area contributed by atoms with Crippen LogP contribution in [-0.2, 0) is 0 Å². The highest BCUT2D eigenvalue weighted by molar-refractivity contribution is 5.44. The molecule has 1 aromatic carbocycles. The number of non-ortho nitro benzene ring substituents is 1. The van der Waals surface area contributed by atoms with E-state index in [2.05, 4.69) is 20.3 Å². The van der Waals surface area contributed by atoms with Crippen molar-refractivity contribution in [2.75, 3.05) is 19.5 Å². The number of nitro benzene ring substituents is 1. The Kier molecular flexibility index (Phi) is 4.12. The highest BCUT2D eigenvalue weighted by Crippen LogP contribution is 2.27. The molecular formula is C12H13N5O4. The van der Waals surface area contributed by atoms with Crippen molar-refractivity contribution >= 4 is 11.6 Å². The number of anilines is 1. The van der Waals surface area contributed by atoms with Gasteiger partial charge in [-0.3, -0.25) is 10.1 Å². The van der Waals surface area contributed by atoms with Gasteiger partial charge in [-0.25, -0.2) is 0 Å². The minimum absolute atomic E-state index is 0.0102. The lowest BCUT2D eigenvalue weighted by Crippen LogP contribution is -2.03. The molecule has 1 aromatic heterocycles. The number of nitrogens with zero attached hydrogens (tertiary/aromatic N) is 4. The van der Waals surface area contributed by atoms with E-state index < -0.39 is 4.92 Å². The zero-order chi connectivity index (χ0) is 15.4. The SMILES string of the molecule is CNc1nc(OC)nc(Oc2ccc([N+](=O)[O-])cc2C)n1. The molecule has 2 aromatic rings. The van der Waals surface area contributed by atoms with Crippen LogP contribution in [0.5, 0.6) is 17.8 Å². The van der Waals surface area contributed by atoms with Crippen molar-refractivity contribution in [1.29, 1.82) is 0 Å². The maximum Gasteiger partial charge on any atom is 0.330 e. The van der Waals surface area contributed by atoms with Gasteiger partial charge in [0.2, 0.25) is 5.95 Å².